The molecule has 1 heterocycles. The number of hydrogen-bond acceptors (Lipinski definition) is 2. The molecule has 3 nitrogen and oxygen atoms in total. The van der Waals surface area contributed by atoms with Gasteiger partial charge in [0.2, 0.25) is 0 Å². The summed E-state index contributed by atoms with van der Waals surface area (Å²) >= 11 is 11.6. The van der Waals surface area contributed by atoms with Crippen LogP contribution in [0.25, 0.3) is 0 Å². The summed E-state index contributed by atoms with van der Waals surface area (Å²) in [5, 5.41) is 2.64. The molecule has 110 valence electrons. The van der Waals surface area contributed by atoms with Crippen molar-refractivity contribution in [1.82, 2.24) is 4.98 Å². The Balaban J connectivity index is 2.30. The van der Waals surface area contributed by atoms with Gasteiger partial charge >= 0.3 is 0 Å². The maximum absolute atomic E-state index is 13.8. The van der Waals surface area contributed by atoms with E-state index >= 15 is 0 Å². The number of nitrogens with zero attached hydrogens (tertiary/aromatic N) is 1. The third-order valence-corrected chi connectivity index (χ3v) is 3.35. The minimum atomic E-state index is -0.670. The van der Waals surface area contributed by atoms with Crippen molar-refractivity contribution < 1.29 is 9.18 Å². The monoisotopic (exact) mass is 326 g/mol. The van der Waals surface area contributed by atoms with E-state index in [1.807, 2.05) is 13.8 Å². The van der Waals surface area contributed by atoms with Crippen molar-refractivity contribution in [3.05, 3.63) is 57.6 Å². The SMILES string of the molecule is CC(C)c1cc(C(=O)Nc2cccc(Cl)c2F)cc(Cl)n1. The van der Waals surface area contributed by atoms with Gasteiger partial charge in [-0.05, 0) is 30.2 Å². The molecule has 0 atom stereocenters. The normalized spacial score (nSPS) is 10.8. The zero-order valence-electron chi connectivity index (χ0n) is 11.5. The number of rotatable bonds is 3. The van der Waals surface area contributed by atoms with Crippen LogP contribution >= 0.6 is 23.2 Å². The molecule has 1 aromatic heterocycles. The first-order valence-electron chi connectivity index (χ1n) is 6.31. The number of pyridine rings is 1. The summed E-state index contributed by atoms with van der Waals surface area (Å²) in [5.41, 5.74) is 1.03. The van der Waals surface area contributed by atoms with Crippen LogP contribution in [0.3, 0.4) is 0 Å². The van der Waals surface area contributed by atoms with E-state index in [0.29, 0.717) is 11.3 Å². The van der Waals surface area contributed by atoms with Gasteiger partial charge in [-0.15, -0.1) is 0 Å². The molecular formula is C15H13Cl2FN2O. The molecule has 0 radical (unpaired) electrons. The second-order valence-electron chi connectivity index (χ2n) is 4.81. The Morgan fingerprint density at radius 1 is 1.29 bits per heavy atom. The van der Waals surface area contributed by atoms with Crippen molar-refractivity contribution in [2.45, 2.75) is 19.8 Å². The summed E-state index contributed by atoms with van der Waals surface area (Å²) in [6, 6.07) is 7.47. The smallest absolute Gasteiger partial charge is 0.255 e. The van der Waals surface area contributed by atoms with E-state index in [2.05, 4.69) is 10.3 Å². The summed E-state index contributed by atoms with van der Waals surface area (Å²) in [6.07, 6.45) is 0. The summed E-state index contributed by atoms with van der Waals surface area (Å²) in [6.45, 7) is 3.88. The lowest BCUT2D eigenvalue weighted by Crippen LogP contribution is -2.14. The van der Waals surface area contributed by atoms with Crippen LogP contribution in [-0.4, -0.2) is 10.9 Å². The molecule has 0 aliphatic rings. The van der Waals surface area contributed by atoms with Crippen LogP contribution in [0.2, 0.25) is 10.2 Å². The molecule has 0 fully saturated rings. The molecular weight excluding hydrogens is 314 g/mol. The van der Waals surface area contributed by atoms with Crippen molar-refractivity contribution >= 4 is 34.8 Å². The molecule has 0 unspecified atom stereocenters. The second-order valence-corrected chi connectivity index (χ2v) is 5.61. The third kappa shape index (κ3) is 3.71. The Morgan fingerprint density at radius 3 is 2.67 bits per heavy atom. The first-order valence-corrected chi connectivity index (χ1v) is 7.07. The fraction of sp³-hybridized carbons (Fsp3) is 0.200. The number of carbonyl (C=O) groups excluding carboxylic acids is 1. The molecule has 1 amide bonds. The van der Waals surface area contributed by atoms with E-state index in [1.165, 1.54) is 18.2 Å². The van der Waals surface area contributed by atoms with E-state index in [0.717, 1.165) is 0 Å². The highest BCUT2D eigenvalue weighted by molar-refractivity contribution is 6.31. The van der Waals surface area contributed by atoms with Crippen LogP contribution in [0.15, 0.2) is 30.3 Å². The summed E-state index contributed by atoms with van der Waals surface area (Å²) in [5.74, 6) is -1.02. The number of anilines is 1. The molecule has 1 aromatic carbocycles. The topological polar surface area (TPSA) is 42.0 Å². The number of hydrogen-bond donors (Lipinski definition) is 1. The molecule has 0 aliphatic carbocycles. The minimum Gasteiger partial charge on any atom is -0.319 e. The lowest BCUT2D eigenvalue weighted by atomic mass is 10.1. The number of amides is 1. The van der Waals surface area contributed by atoms with Gasteiger partial charge in [-0.2, -0.15) is 0 Å². The van der Waals surface area contributed by atoms with Gasteiger partial charge in [0.25, 0.3) is 5.91 Å². The molecule has 0 aliphatic heterocycles. The molecule has 21 heavy (non-hydrogen) atoms. The maximum Gasteiger partial charge on any atom is 0.255 e. The van der Waals surface area contributed by atoms with Crippen LogP contribution in [0.1, 0.15) is 35.8 Å². The summed E-state index contributed by atoms with van der Waals surface area (Å²) in [7, 11) is 0. The molecule has 0 bridgehead atoms. The highest BCUT2D eigenvalue weighted by atomic mass is 35.5. The van der Waals surface area contributed by atoms with Crippen molar-refractivity contribution in [2.75, 3.05) is 5.32 Å². The van der Waals surface area contributed by atoms with Crippen molar-refractivity contribution in [2.24, 2.45) is 0 Å². The van der Waals surface area contributed by atoms with Gasteiger partial charge in [0.15, 0.2) is 5.82 Å². The van der Waals surface area contributed by atoms with Gasteiger partial charge in [-0.1, -0.05) is 43.1 Å². The van der Waals surface area contributed by atoms with E-state index < -0.39 is 11.7 Å². The zero-order valence-corrected chi connectivity index (χ0v) is 13.0. The Labute approximate surface area is 132 Å². The third-order valence-electron chi connectivity index (χ3n) is 2.87. The lowest BCUT2D eigenvalue weighted by Gasteiger charge is -2.10. The predicted octanol–water partition coefficient (Wildman–Crippen LogP) is 4.90. The number of nitrogens with one attached hydrogen (secondary N) is 1. The van der Waals surface area contributed by atoms with E-state index in [9.17, 15) is 9.18 Å². The molecule has 2 aromatic rings. The second kappa shape index (κ2) is 6.41. The maximum atomic E-state index is 13.8. The molecule has 0 spiro atoms. The Kier molecular flexibility index (Phi) is 4.80. The number of carbonyl (C=O) groups is 1. The predicted molar refractivity (Wildman–Crippen MR) is 82.7 cm³/mol. The van der Waals surface area contributed by atoms with Gasteiger partial charge in [0.05, 0.1) is 10.7 Å². The van der Waals surface area contributed by atoms with Gasteiger partial charge < -0.3 is 5.32 Å². The minimum absolute atomic E-state index is 0.0199. The van der Waals surface area contributed by atoms with Crippen LogP contribution < -0.4 is 5.32 Å². The number of benzene rings is 1. The van der Waals surface area contributed by atoms with Crippen LogP contribution in [0.4, 0.5) is 10.1 Å². The van der Waals surface area contributed by atoms with Crippen molar-refractivity contribution in [3.8, 4) is 0 Å². The van der Waals surface area contributed by atoms with Crippen molar-refractivity contribution in [1.29, 1.82) is 0 Å². The van der Waals surface area contributed by atoms with E-state index in [1.54, 1.807) is 12.1 Å². The average Bonchev–Trinajstić information content (AvgIpc) is 2.43. The first kappa shape index (κ1) is 15.7. The van der Waals surface area contributed by atoms with E-state index in [4.69, 9.17) is 23.2 Å². The Morgan fingerprint density at radius 2 is 2.00 bits per heavy atom. The van der Waals surface area contributed by atoms with Crippen LogP contribution in [0, 0.1) is 5.82 Å². The summed E-state index contributed by atoms with van der Waals surface area (Å²) < 4.78 is 13.8. The van der Waals surface area contributed by atoms with Gasteiger partial charge in [-0.3, -0.25) is 4.79 Å². The van der Waals surface area contributed by atoms with Crippen LogP contribution in [0.5, 0.6) is 0 Å². The Bertz CT molecular complexity index is 689. The summed E-state index contributed by atoms with van der Waals surface area (Å²) in [4.78, 5) is 16.3. The number of aromatic nitrogens is 1. The zero-order chi connectivity index (χ0) is 15.6. The molecule has 1 N–H and O–H groups in total. The number of halogens is 3. The average molecular weight is 327 g/mol. The fourth-order valence-corrected chi connectivity index (χ4v) is 2.13. The quantitative estimate of drug-likeness (QED) is 0.815. The lowest BCUT2D eigenvalue weighted by molar-refractivity contribution is 0.102. The molecule has 0 saturated heterocycles. The van der Waals surface area contributed by atoms with E-state index in [-0.39, 0.29) is 21.8 Å². The van der Waals surface area contributed by atoms with Crippen molar-refractivity contribution in [3.63, 3.8) is 0 Å². The Hall–Kier alpha value is -1.65. The van der Waals surface area contributed by atoms with Gasteiger partial charge in [0, 0.05) is 11.3 Å². The highest BCUT2D eigenvalue weighted by Gasteiger charge is 2.14. The fourth-order valence-electron chi connectivity index (χ4n) is 1.74. The van der Waals surface area contributed by atoms with Gasteiger partial charge in [0.1, 0.15) is 5.15 Å². The largest absolute Gasteiger partial charge is 0.319 e. The highest BCUT2D eigenvalue weighted by Crippen LogP contribution is 2.23. The molecule has 0 saturated carbocycles. The standard InChI is InChI=1S/C15H13Cl2FN2O/c1-8(2)12-6-9(7-13(17)19-12)15(21)20-11-5-3-4-10(16)14(11)18/h3-8H,1-2H3,(H,20,21). The first-order chi connectivity index (χ1) is 9.88. The molecule has 2 rings (SSSR count). The van der Waals surface area contributed by atoms with Gasteiger partial charge in [-0.25, -0.2) is 9.37 Å². The molecule has 6 heteroatoms. The van der Waals surface area contributed by atoms with Crippen LogP contribution in [-0.2, 0) is 0 Å².